The third kappa shape index (κ3) is 2.94. The van der Waals surface area contributed by atoms with Crippen molar-refractivity contribution in [3.05, 3.63) is 47.1 Å². The summed E-state index contributed by atoms with van der Waals surface area (Å²) in [7, 11) is 0. The fourth-order valence-electron chi connectivity index (χ4n) is 3.34. The first-order valence-electron chi connectivity index (χ1n) is 8.52. The summed E-state index contributed by atoms with van der Waals surface area (Å²) in [6, 6.07) is 3.82. The minimum Gasteiger partial charge on any atom is -0.371 e. The molecule has 0 aromatic carbocycles. The van der Waals surface area contributed by atoms with Crippen LogP contribution in [0.25, 0.3) is 0 Å². The Balaban J connectivity index is 1.55. The van der Waals surface area contributed by atoms with E-state index in [1.165, 1.54) is 0 Å². The molecule has 0 bridgehead atoms. The fraction of sp³-hybridized carbons (Fsp3) is 0.500. The molecule has 2 atom stereocenters. The number of aryl methyl sites for hydroxylation is 1. The highest BCUT2D eigenvalue weighted by Crippen LogP contribution is 2.42. The van der Waals surface area contributed by atoms with Crippen molar-refractivity contribution < 1.29 is 14.1 Å². The van der Waals surface area contributed by atoms with Crippen molar-refractivity contribution in [2.75, 3.05) is 6.61 Å². The third-order valence-corrected chi connectivity index (χ3v) is 4.74. The van der Waals surface area contributed by atoms with E-state index in [9.17, 15) is 4.79 Å². The summed E-state index contributed by atoms with van der Waals surface area (Å²) in [6.07, 6.45) is 7.33. The third-order valence-electron chi connectivity index (χ3n) is 4.74. The number of carbonyl (C=O) groups excluding carboxylic acids is 1. The van der Waals surface area contributed by atoms with Crippen LogP contribution >= 0.6 is 0 Å². The lowest BCUT2D eigenvalue weighted by Crippen LogP contribution is -2.43. The molecule has 6 heteroatoms. The smallest absolute Gasteiger partial charge is 0.257 e. The van der Waals surface area contributed by atoms with Crippen molar-refractivity contribution in [3.63, 3.8) is 0 Å². The van der Waals surface area contributed by atoms with Gasteiger partial charge in [-0.25, -0.2) is 0 Å². The number of rotatable bonds is 4. The van der Waals surface area contributed by atoms with E-state index in [4.69, 9.17) is 9.26 Å². The van der Waals surface area contributed by atoms with Crippen molar-refractivity contribution in [3.8, 4) is 0 Å². The highest BCUT2D eigenvalue weighted by atomic mass is 16.5. The number of pyridine rings is 1. The van der Waals surface area contributed by atoms with Gasteiger partial charge in [0.1, 0.15) is 11.7 Å². The number of carbonyl (C=O) groups is 1. The molecule has 2 aliphatic rings. The van der Waals surface area contributed by atoms with Gasteiger partial charge in [-0.1, -0.05) is 5.16 Å². The first-order chi connectivity index (χ1) is 11.7. The SMILES string of the molecule is Cc1noc(C2CC2)c1C(=O)N[C@H]1CCCO[C@@H]1c1ccncc1. The molecule has 2 fully saturated rings. The Bertz CT molecular complexity index is 724. The van der Waals surface area contributed by atoms with Crippen LogP contribution in [0.15, 0.2) is 29.0 Å². The molecule has 0 spiro atoms. The van der Waals surface area contributed by atoms with Crippen LogP contribution in [0.4, 0.5) is 0 Å². The van der Waals surface area contributed by atoms with Crippen LogP contribution in [0.2, 0.25) is 0 Å². The molecule has 1 saturated carbocycles. The van der Waals surface area contributed by atoms with Gasteiger partial charge < -0.3 is 14.6 Å². The van der Waals surface area contributed by atoms with E-state index in [0.717, 1.165) is 37.0 Å². The first-order valence-corrected chi connectivity index (χ1v) is 8.52. The van der Waals surface area contributed by atoms with E-state index >= 15 is 0 Å². The zero-order valence-corrected chi connectivity index (χ0v) is 13.7. The normalized spacial score (nSPS) is 23.9. The van der Waals surface area contributed by atoms with E-state index in [2.05, 4.69) is 15.5 Å². The molecule has 4 rings (SSSR count). The van der Waals surface area contributed by atoms with Crippen molar-refractivity contribution in [1.29, 1.82) is 0 Å². The van der Waals surface area contributed by atoms with Gasteiger partial charge in [-0.2, -0.15) is 0 Å². The average molecular weight is 327 g/mol. The summed E-state index contributed by atoms with van der Waals surface area (Å²) in [5.41, 5.74) is 2.31. The molecule has 1 saturated heterocycles. The summed E-state index contributed by atoms with van der Waals surface area (Å²) in [5.74, 6) is 0.984. The molecule has 2 aromatic heterocycles. The van der Waals surface area contributed by atoms with Crippen LogP contribution in [0.3, 0.4) is 0 Å². The molecule has 1 aliphatic heterocycles. The minimum atomic E-state index is -0.143. The Labute approximate surface area is 140 Å². The van der Waals surface area contributed by atoms with E-state index in [1.54, 1.807) is 12.4 Å². The number of hydrogen-bond acceptors (Lipinski definition) is 5. The Hall–Kier alpha value is -2.21. The standard InChI is InChI=1S/C18H21N3O3/c1-11-15(17(24-21-11)12-4-5-12)18(22)20-14-3-2-10-23-16(14)13-6-8-19-9-7-13/h6-9,12,14,16H,2-5,10H2,1H3,(H,20,22)/t14-,16+/m0/s1. The second-order valence-corrected chi connectivity index (χ2v) is 6.58. The summed E-state index contributed by atoms with van der Waals surface area (Å²) in [6.45, 7) is 2.53. The number of nitrogens with one attached hydrogen (secondary N) is 1. The van der Waals surface area contributed by atoms with Gasteiger partial charge in [-0.15, -0.1) is 0 Å². The lowest BCUT2D eigenvalue weighted by molar-refractivity contribution is -0.00952. The molecule has 0 unspecified atom stereocenters. The molecular weight excluding hydrogens is 306 g/mol. The lowest BCUT2D eigenvalue weighted by atomic mass is 9.96. The van der Waals surface area contributed by atoms with Crippen LogP contribution in [0.5, 0.6) is 0 Å². The monoisotopic (exact) mass is 327 g/mol. The zero-order valence-electron chi connectivity index (χ0n) is 13.7. The second kappa shape index (κ2) is 6.36. The molecule has 1 N–H and O–H groups in total. The lowest BCUT2D eigenvalue weighted by Gasteiger charge is -2.32. The molecule has 24 heavy (non-hydrogen) atoms. The van der Waals surface area contributed by atoms with Crippen molar-refractivity contribution in [1.82, 2.24) is 15.5 Å². The molecule has 0 radical (unpaired) electrons. The number of hydrogen-bond donors (Lipinski definition) is 1. The van der Waals surface area contributed by atoms with Gasteiger partial charge in [0.05, 0.1) is 11.7 Å². The van der Waals surface area contributed by atoms with Gasteiger partial charge in [0.2, 0.25) is 0 Å². The fourth-order valence-corrected chi connectivity index (χ4v) is 3.34. The van der Waals surface area contributed by atoms with Gasteiger partial charge in [-0.3, -0.25) is 9.78 Å². The highest BCUT2D eigenvalue weighted by Gasteiger charge is 2.36. The van der Waals surface area contributed by atoms with E-state index in [1.807, 2.05) is 19.1 Å². The van der Waals surface area contributed by atoms with Crippen LogP contribution in [0.1, 0.15) is 65.1 Å². The maximum Gasteiger partial charge on any atom is 0.257 e. The minimum absolute atomic E-state index is 0.0602. The second-order valence-electron chi connectivity index (χ2n) is 6.58. The number of nitrogens with zero attached hydrogens (tertiary/aromatic N) is 2. The largest absolute Gasteiger partial charge is 0.371 e. The molecule has 1 amide bonds. The maximum atomic E-state index is 12.8. The highest BCUT2D eigenvalue weighted by molar-refractivity contribution is 5.96. The van der Waals surface area contributed by atoms with E-state index in [0.29, 0.717) is 23.8 Å². The van der Waals surface area contributed by atoms with E-state index < -0.39 is 0 Å². The van der Waals surface area contributed by atoms with Crippen LogP contribution in [0, 0.1) is 6.92 Å². The van der Waals surface area contributed by atoms with Crippen molar-refractivity contribution in [2.24, 2.45) is 0 Å². The van der Waals surface area contributed by atoms with E-state index in [-0.39, 0.29) is 18.1 Å². The van der Waals surface area contributed by atoms with Crippen molar-refractivity contribution >= 4 is 5.91 Å². The first kappa shape index (κ1) is 15.3. The van der Waals surface area contributed by atoms with Gasteiger partial charge in [-0.05, 0) is 50.3 Å². The van der Waals surface area contributed by atoms with Gasteiger partial charge in [0.15, 0.2) is 5.76 Å². The Kier molecular flexibility index (Phi) is 4.06. The number of aromatic nitrogens is 2. The Morgan fingerprint density at radius 1 is 1.25 bits per heavy atom. The van der Waals surface area contributed by atoms with Gasteiger partial charge >= 0.3 is 0 Å². The summed E-state index contributed by atoms with van der Waals surface area (Å²) >= 11 is 0. The summed E-state index contributed by atoms with van der Waals surface area (Å²) < 4.78 is 11.3. The van der Waals surface area contributed by atoms with Crippen LogP contribution in [-0.4, -0.2) is 28.7 Å². The molecule has 126 valence electrons. The molecule has 3 heterocycles. The van der Waals surface area contributed by atoms with Gasteiger partial charge in [0.25, 0.3) is 5.91 Å². The zero-order chi connectivity index (χ0) is 16.5. The summed E-state index contributed by atoms with van der Waals surface area (Å²) in [5, 5.41) is 7.14. The molecular formula is C18H21N3O3. The Morgan fingerprint density at radius 3 is 2.79 bits per heavy atom. The van der Waals surface area contributed by atoms with Gasteiger partial charge in [0, 0.05) is 24.9 Å². The average Bonchev–Trinajstić information content (AvgIpc) is 3.38. The quantitative estimate of drug-likeness (QED) is 0.934. The molecule has 1 aliphatic carbocycles. The van der Waals surface area contributed by atoms with Crippen LogP contribution < -0.4 is 5.32 Å². The van der Waals surface area contributed by atoms with Crippen molar-refractivity contribution in [2.45, 2.75) is 50.7 Å². The number of ether oxygens (including phenoxy) is 1. The van der Waals surface area contributed by atoms with Crippen LogP contribution in [-0.2, 0) is 4.74 Å². The topological polar surface area (TPSA) is 77.2 Å². The molecule has 2 aromatic rings. The predicted molar refractivity (Wildman–Crippen MR) is 86.6 cm³/mol. The Morgan fingerprint density at radius 2 is 2.04 bits per heavy atom. The number of amides is 1. The molecule has 6 nitrogen and oxygen atoms in total. The maximum absolute atomic E-state index is 12.8. The predicted octanol–water partition coefficient (Wildman–Crippen LogP) is 2.91. The summed E-state index contributed by atoms with van der Waals surface area (Å²) in [4.78, 5) is 16.9.